The predicted molar refractivity (Wildman–Crippen MR) is 144 cm³/mol. The van der Waals surface area contributed by atoms with E-state index in [0.29, 0.717) is 40.5 Å². The summed E-state index contributed by atoms with van der Waals surface area (Å²) in [7, 11) is 1.35. The molecule has 2 heterocycles. The molecule has 1 aromatic heterocycles. The van der Waals surface area contributed by atoms with Crippen molar-refractivity contribution in [1.29, 1.82) is 0 Å². The molecule has 2 aromatic rings. The maximum atomic E-state index is 13.6. The summed E-state index contributed by atoms with van der Waals surface area (Å²) in [5.74, 6) is -4.92. The van der Waals surface area contributed by atoms with Crippen LogP contribution in [0.3, 0.4) is 0 Å². The number of rotatable bonds is 10. The SMILES string of the molecule is COCC1=C([C@H](O)CC/C(C)=C/c2ccc(CO)o2)[C@H](CO)[C@@H]2C(=O)N(c3cc(C(F)(F)F)cc(C(F)(F)F)c3)C(=O)[C@@H]2C1. The van der Waals surface area contributed by atoms with Gasteiger partial charge in [-0.25, -0.2) is 4.90 Å². The number of methoxy groups -OCH3 is 1. The molecule has 1 aliphatic heterocycles. The van der Waals surface area contributed by atoms with Gasteiger partial charge >= 0.3 is 12.4 Å². The van der Waals surface area contributed by atoms with Gasteiger partial charge in [0, 0.05) is 13.0 Å². The quantitative estimate of drug-likeness (QED) is 0.189. The third-order valence-electron chi connectivity index (χ3n) is 7.93. The summed E-state index contributed by atoms with van der Waals surface area (Å²) < 4.78 is 91.8. The highest BCUT2D eigenvalue weighted by Gasteiger charge is 2.55. The number of nitrogens with zero attached hydrogens (tertiary/aromatic N) is 1. The molecule has 3 N–H and O–H groups in total. The third kappa shape index (κ3) is 6.77. The molecule has 240 valence electrons. The molecule has 0 bridgehead atoms. The zero-order valence-electron chi connectivity index (χ0n) is 23.7. The maximum absolute atomic E-state index is 13.6. The molecule has 4 atom stereocenters. The first-order valence-electron chi connectivity index (χ1n) is 13.6. The number of amides is 2. The van der Waals surface area contributed by atoms with E-state index in [1.54, 1.807) is 25.1 Å². The zero-order chi connectivity index (χ0) is 32.6. The Morgan fingerprint density at radius 2 is 1.70 bits per heavy atom. The number of aliphatic hydroxyl groups is 3. The number of hydrogen-bond acceptors (Lipinski definition) is 7. The van der Waals surface area contributed by atoms with E-state index in [1.807, 2.05) is 0 Å². The fourth-order valence-electron chi connectivity index (χ4n) is 5.98. The number of ether oxygens (including phenoxy) is 1. The van der Waals surface area contributed by atoms with E-state index in [9.17, 15) is 51.3 Å². The minimum Gasteiger partial charge on any atom is -0.459 e. The van der Waals surface area contributed by atoms with Crippen molar-refractivity contribution >= 4 is 23.6 Å². The van der Waals surface area contributed by atoms with Crippen LogP contribution in [0.5, 0.6) is 0 Å². The number of furan rings is 1. The molecule has 8 nitrogen and oxygen atoms in total. The Bertz CT molecular complexity index is 1430. The average Bonchev–Trinajstić information content (AvgIpc) is 3.51. The first kappa shape index (κ1) is 33.4. The highest BCUT2D eigenvalue weighted by molar-refractivity contribution is 6.22. The molecule has 0 unspecified atom stereocenters. The predicted octanol–water partition coefficient (Wildman–Crippen LogP) is 5.11. The van der Waals surface area contributed by atoms with Gasteiger partial charge in [-0.2, -0.15) is 26.3 Å². The lowest BCUT2D eigenvalue weighted by Crippen LogP contribution is -2.39. The smallest absolute Gasteiger partial charge is 0.416 e. The molecule has 1 saturated heterocycles. The molecule has 0 radical (unpaired) electrons. The molecule has 4 rings (SSSR count). The van der Waals surface area contributed by atoms with E-state index < -0.39 is 71.4 Å². The first-order valence-corrected chi connectivity index (χ1v) is 13.6. The lowest BCUT2D eigenvalue weighted by atomic mass is 9.68. The number of carbonyl (C=O) groups excluding carboxylic acids is 2. The first-order chi connectivity index (χ1) is 20.6. The van der Waals surface area contributed by atoms with Gasteiger partial charge in [-0.05, 0) is 73.7 Å². The van der Waals surface area contributed by atoms with Crippen LogP contribution >= 0.6 is 0 Å². The van der Waals surface area contributed by atoms with Crippen molar-refractivity contribution in [2.45, 2.75) is 51.2 Å². The summed E-state index contributed by atoms with van der Waals surface area (Å²) in [5, 5.41) is 30.8. The molecule has 1 aromatic carbocycles. The summed E-state index contributed by atoms with van der Waals surface area (Å²) in [6.07, 6.45) is -9.63. The number of imide groups is 1. The highest BCUT2D eigenvalue weighted by atomic mass is 19.4. The monoisotopic (exact) mass is 631 g/mol. The van der Waals surface area contributed by atoms with Crippen LogP contribution in [-0.2, 0) is 33.3 Å². The van der Waals surface area contributed by atoms with E-state index in [2.05, 4.69) is 0 Å². The molecule has 1 fully saturated rings. The number of carbonyl (C=O) groups is 2. The lowest BCUT2D eigenvalue weighted by molar-refractivity contribution is -0.143. The third-order valence-corrected chi connectivity index (χ3v) is 7.93. The number of benzene rings is 1. The topological polar surface area (TPSA) is 120 Å². The van der Waals surface area contributed by atoms with Gasteiger partial charge in [-0.15, -0.1) is 0 Å². The molecule has 0 saturated carbocycles. The number of halogens is 6. The number of allylic oxidation sites excluding steroid dienone is 1. The van der Waals surface area contributed by atoms with Crippen LogP contribution in [0.4, 0.5) is 32.0 Å². The van der Waals surface area contributed by atoms with Gasteiger partial charge in [0.1, 0.15) is 18.1 Å². The molecular formula is C30H31F6NO7. The van der Waals surface area contributed by atoms with Crippen molar-refractivity contribution in [2.75, 3.05) is 25.2 Å². The van der Waals surface area contributed by atoms with Crippen molar-refractivity contribution in [3.05, 3.63) is 69.7 Å². The Hall–Kier alpha value is -3.46. The average molecular weight is 632 g/mol. The van der Waals surface area contributed by atoms with Crippen LogP contribution in [-0.4, -0.2) is 53.6 Å². The fourth-order valence-corrected chi connectivity index (χ4v) is 5.98. The summed E-state index contributed by atoms with van der Waals surface area (Å²) in [6, 6.07) is 3.79. The molecule has 1 aliphatic carbocycles. The summed E-state index contributed by atoms with van der Waals surface area (Å²) >= 11 is 0. The second-order valence-electron chi connectivity index (χ2n) is 10.9. The van der Waals surface area contributed by atoms with Gasteiger partial charge in [0.15, 0.2) is 0 Å². The standard InChI is InChI=1S/C30H31F6NO7/c1-15(7-20-4-5-21(12-38)44-20)3-6-24(40)25-16(14-43-2)8-22-26(23(25)13-39)28(42)37(27(22)41)19-10-17(29(31,32)33)9-18(11-19)30(34,35)36/h4-5,7,9-11,22-24,26,38-40H,3,6,8,12-14H2,1-2H3/b15-7+/t22-,23+,24-,26-/m1/s1. The normalized spacial score (nSPS) is 22.2. The van der Waals surface area contributed by atoms with Gasteiger partial charge in [-0.3, -0.25) is 9.59 Å². The van der Waals surface area contributed by atoms with E-state index in [4.69, 9.17) is 9.15 Å². The molecular weight excluding hydrogens is 600 g/mol. The van der Waals surface area contributed by atoms with Crippen molar-refractivity contribution < 1.29 is 60.4 Å². The number of anilines is 1. The number of alkyl halides is 6. The molecule has 14 heteroatoms. The number of aliphatic hydroxyl groups excluding tert-OH is 3. The fraction of sp³-hybridized carbons (Fsp3) is 0.467. The Morgan fingerprint density at radius 1 is 1.07 bits per heavy atom. The van der Waals surface area contributed by atoms with E-state index in [-0.39, 0.29) is 37.7 Å². The van der Waals surface area contributed by atoms with Crippen LogP contribution < -0.4 is 4.90 Å². The van der Waals surface area contributed by atoms with Gasteiger partial charge in [0.2, 0.25) is 11.8 Å². The summed E-state index contributed by atoms with van der Waals surface area (Å²) in [5.41, 5.74) is -2.82. The molecule has 0 spiro atoms. The van der Waals surface area contributed by atoms with Gasteiger partial charge in [0.05, 0.1) is 48.0 Å². The minimum absolute atomic E-state index is 0.0967. The van der Waals surface area contributed by atoms with Gasteiger partial charge < -0.3 is 24.5 Å². The summed E-state index contributed by atoms with van der Waals surface area (Å²) in [4.78, 5) is 27.4. The van der Waals surface area contributed by atoms with E-state index >= 15 is 0 Å². The Morgan fingerprint density at radius 3 is 2.23 bits per heavy atom. The Kier molecular flexibility index (Phi) is 9.78. The molecule has 2 aliphatic rings. The van der Waals surface area contributed by atoms with Crippen molar-refractivity contribution in [3.8, 4) is 0 Å². The number of fused-ring (bicyclic) bond motifs is 1. The second kappa shape index (κ2) is 12.9. The Balaban J connectivity index is 1.66. The Labute approximate surface area is 248 Å². The van der Waals surface area contributed by atoms with Crippen molar-refractivity contribution in [3.63, 3.8) is 0 Å². The maximum Gasteiger partial charge on any atom is 0.416 e. The number of hydrogen-bond donors (Lipinski definition) is 3. The van der Waals surface area contributed by atoms with Crippen LogP contribution in [0.1, 0.15) is 48.8 Å². The van der Waals surface area contributed by atoms with Crippen LogP contribution in [0.15, 0.2) is 51.5 Å². The van der Waals surface area contributed by atoms with Crippen LogP contribution in [0.2, 0.25) is 0 Å². The molecule has 44 heavy (non-hydrogen) atoms. The largest absolute Gasteiger partial charge is 0.459 e. The van der Waals surface area contributed by atoms with Crippen molar-refractivity contribution in [1.82, 2.24) is 0 Å². The highest BCUT2D eigenvalue weighted by Crippen LogP contribution is 2.48. The van der Waals surface area contributed by atoms with Crippen LogP contribution in [0.25, 0.3) is 6.08 Å². The van der Waals surface area contributed by atoms with Crippen molar-refractivity contribution in [2.24, 2.45) is 17.8 Å². The van der Waals surface area contributed by atoms with Crippen LogP contribution in [0, 0.1) is 17.8 Å². The second-order valence-corrected chi connectivity index (χ2v) is 10.9. The van der Waals surface area contributed by atoms with E-state index in [0.717, 1.165) is 5.57 Å². The van der Waals surface area contributed by atoms with Gasteiger partial charge in [0.25, 0.3) is 0 Å². The van der Waals surface area contributed by atoms with Gasteiger partial charge in [-0.1, -0.05) is 5.57 Å². The molecule has 2 amide bonds. The zero-order valence-corrected chi connectivity index (χ0v) is 23.7. The minimum atomic E-state index is -5.20. The summed E-state index contributed by atoms with van der Waals surface area (Å²) in [6.45, 7) is 0.679. The van der Waals surface area contributed by atoms with E-state index in [1.165, 1.54) is 7.11 Å². The lowest BCUT2D eigenvalue weighted by Gasteiger charge is -2.36.